The number of nitrogens with two attached hydrogens (primary N) is 1. The molecular weight excluding hydrogens is 1270 g/mol. The number of thiazole rings is 1. The summed E-state index contributed by atoms with van der Waals surface area (Å²) in [5.74, 6) is -3.03. The molecule has 10 amide bonds. The van der Waals surface area contributed by atoms with Crippen molar-refractivity contribution in [1.82, 2.24) is 46.3 Å². The van der Waals surface area contributed by atoms with E-state index < -0.39 is 71.8 Å². The first kappa shape index (κ1) is 80.8. The van der Waals surface area contributed by atoms with E-state index in [0.717, 1.165) is 41.8 Å². The lowest BCUT2D eigenvalue weighted by atomic mass is 9.91. The van der Waals surface area contributed by atoms with Crippen molar-refractivity contribution in [1.29, 1.82) is 0 Å². The number of carbonyl (C=O) groups is 9. The Morgan fingerprint density at radius 3 is 2.04 bits per heavy atom. The van der Waals surface area contributed by atoms with Crippen LogP contribution in [0.25, 0.3) is 0 Å². The van der Waals surface area contributed by atoms with Crippen LogP contribution in [-0.2, 0) is 56.0 Å². The van der Waals surface area contributed by atoms with Gasteiger partial charge in [-0.25, -0.2) is 19.4 Å². The number of benzene rings is 2. The summed E-state index contributed by atoms with van der Waals surface area (Å²) in [6.45, 7) is 23.6. The van der Waals surface area contributed by atoms with E-state index in [0.29, 0.717) is 62.1 Å². The number of methoxy groups -OCH3 is 1. The van der Waals surface area contributed by atoms with E-state index in [1.54, 1.807) is 91.2 Å². The molecule has 0 radical (unpaired) electrons. The molecule has 0 spiro atoms. The Hall–Kier alpha value is -7.90. The van der Waals surface area contributed by atoms with Gasteiger partial charge in [0, 0.05) is 76.3 Å². The van der Waals surface area contributed by atoms with Crippen LogP contribution in [0.1, 0.15) is 169 Å². The maximum Gasteiger partial charge on any atom is 0.414 e. The highest BCUT2D eigenvalue weighted by Gasteiger charge is 2.42. The van der Waals surface area contributed by atoms with Gasteiger partial charge in [-0.15, -0.1) is 11.3 Å². The molecule has 542 valence electrons. The fraction of sp³-hybridized carbons (Fsp3) is 0.616. The minimum absolute atomic E-state index is 0.0445. The number of nitrogens with zero attached hydrogens (tertiary/aromatic N) is 5. The lowest BCUT2D eigenvalue weighted by Gasteiger charge is -2.38. The van der Waals surface area contributed by atoms with Crippen LogP contribution in [0.5, 0.6) is 0 Å². The van der Waals surface area contributed by atoms with Crippen LogP contribution in [0, 0.1) is 29.6 Å². The predicted molar refractivity (Wildman–Crippen MR) is 383 cm³/mol. The first-order chi connectivity index (χ1) is 46.3. The average molecular weight is 1380 g/mol. The molecule has 2 aromatic carbocycles. The van der Waals surface area contributed by atoms with Gasteiger partial charge in [-0.2, -0.15) is 0 Å². The molecule has 24 nitrogen and oxygen atoms in total. The molecule has 0 bridgehead atoms. The van der Waals surface area contributed by atoms with Gasteiger partial charge in [0.2, 0.25) is 35.4 Å². The van der Waals surface area contributed by atoms with Crippen molar-refractivity contribution < 1.29 is 57.4 Å². The number of carbonyl (C=O) groups excluding carboxylic acids is 9. The molecule has 2 aliphatic rings. The third-order valence-electron chi connectivity index (χ3n) is 18.3. The average Bonchev–Trinajstić information content (AvgIpc) is 1.49. The largest absolute Gasteiger partial charge is 0.444 e. The minimum atomic E-state index is -1.06. The first-order valence-corrected chi connectivity index (χ1v) is 35.6. The first-order valence-electron chi connectivity index (χ1n) is 34.7. The predicted octanol–water partition coefficient (Wildman–Crippen LogP) is 9.80. The summed E-state index contributed by atoms with van der Waals surface area (Å²) < 4.78 is 17.1. The monoisotopic (exact) mass is 1380 g/mol. The molecule has 1 aliphatic heterocycles. The number of alkyl carbamates (subject to hydrolysis) is 1. The van der Waals surface area contributed by atoms with Gasteiger partial charge in [-0.3, -0.25) is 38.6 Å². The number of allylic oxidation sites excluding steroid dienone is 3. The van der Waals surface area contributed by atoms with E-state index in [-0.39, 0.29) is 91.4 Å². The van der Waals surface area contributed by atoms with Crippen molar-refractivity contribution in [2.45, 2.75) is 214 Å². The zero-order chi connectivity index (χ0) is 72.6. The third-order valence-corrected chi connectivity index (χ3v) is 19.2. The molecule has 1 saturated heterocycles. The molecule has 1 aromatic heterocycles. The highest BCUT2D eigenvalue weighted by molar-refractivity contribution is 7.09. The Morgan fingerprint density at radius 2 is 1.46 bits per heavy atom. The Kier molecular flexibility index (Phi) is 32.2. The van der Waals surface area contributed by atoms with Crippen molar-refractivity contribution in [3.05, 3.63) is 100 Å². The molecular formula is C73H112N12O12S. The van der Waals surface area contributed by atoms with E-state index in [2.05, 4.69) is 69.0 Å². The van der Waals surface area contributed by atoms with Gasteiger partial charge in [0.05, 0.1) is 30.1 Å². The van der Waals surface area contributed by atoms with Crippen molar-refractivity contribution in [2.75, 3.05) is 58.1 Å². The molecule has 2 heterocycles. The van der Waals surface area contributed by atoms with Gasteiger partial charge in [-0.1, -0.05) is 111 Å². The van der Waals surface area contributed by atoms with Crippen LogP contribution in [0.2, 0.25) is 0 Å². The molecule has 8 N–H and O–H groups in total. The molecule has 98 heavy (non-hydrogen) atoms. The second kappa shape index (κ2) is 39.0. The molecule has 1 fully saturated rings. The molecule has 0 saturated carbocycles. The lowest BCUT2D eigenvalue weighted by molar-refractivity contribution is -0.142. The quantitative estimate of drug-likeness (QED) is 0.0267. The van der Waals surface area contributed by atoms with Crippen LogP contribution in [0.15, 0.2) is 83.9 Å². The SMILES string of the molecule is CC[C@H](C)[C@@H](CCC(=O)N1CCCC1[C@H](OC)[C@@H](C)C(=O)N[C@@H](CC1=CCCC=C1)c1nccs1)N(C)C(=O)[C@@H](NC(=O)[C@H](C(C)C)N(C)CCc1ccc(N(C)C(=O)OCc2ccc(NC(=O)C(CCCNC(N)=O)NC(=O)[C@@H](NC(=O)OC(C)(C)C)C(C)C)cc2)cc1)C(C)C. The number of aromatic nitrogens is 1. The normalized spacial score (nSPS) is 16.7. The fourth-order valence-electron chi connectivity index (χ4n) is 12.6. The van der Waals surface area contributed by atoms with Crippen LogP contribution >= 0.6 is 11.3 Å². The smallest absolute Gasteiger partial charge is 0.414 e. The molecule has 3 aromatic rings. The number of hydrogen-bond acceptors (Lipinski definition) is 15. The van der Waals surface area contributed by atoms with Gasteiger partial charge in [0.15, 0.2) is 0 Å². The maximum atomic E-state index is 14.7. The zero-order valence-corrected chi connectivity index (χ0v) is 61.6. The van der Waals surface area contributed by atoms with Crippen molar-refractivity contribution in [3.8, 4) is 0 Å². The van der Waals surface area contributed by atoms with E-state index in [9.17, 15) is 43.2 Å². The highest BCUT2D eigenvalue weighted by atomic mass is 32.1. The Bertz CT molecular complexity index is 3150. The number of ether oxygens (including phenoxy) is 3. The second-order valence-electron chi connectivity index (χ2n) is 28.1. The zero-order valence-electron chi connectivity index (χ0n) is 60.7. The Balaban J connectivity index is 1.13. The molecule has 5 rings (SSSR count). The third kappa shape index (κ3) is 24.8. The summed E-state index contributed by atoms with van der Waals surface area (Å²) in [7, 11) is 6.89. The van der Waals surface area contributed by atoms with Crippen LogP contribution < -0.4 is 42.5 Å². The summed E-state index contributed by atoms with van der Waals surface area (Å²) in [5, 5.41) is 19.8. The number of anilines is 2. The molecule has 2 unspecified atom stereocenters. The number of hydrogen-bond donors (Lipinski definition) is 7. The number of nitrogens with one attached hydrogen (secondary N) is 6. The van der Waals surface area contributed by atoms with Crippen molar-refractivity contribution in [3.63, 3.8) is 0 Å². The summed E-state index contributed by atoms with van der Waals surface area (Å²) in [6.07, 6.45) is 12.8. The number of likely N-dealkylation sites (N-methyl/N-ethyl adjacent to an activating group) is 2. The number of amides is 10. The highest BCUT2D eigenvalue weighted by Crippen LogP contribution is 2.32. The van der Waals surface area contributed by atoms with Gasteiger partial charge in [0.25, 0.3) is 0 Å². The lowest BCUT2D eigenvalue weighted by Crippen LogP contribution is -2.58. The van der Waals surface area contributed by atoms with Crippen LogP contribution in [0.3, 0.4) is 0 Å². The number of primary amides is 1. The van der Waals surface area contributed by atoms with E-state index in [1.165, 1.54) is 16.2 Å². The standard InChI is InChI=1S/C73H112N12O12S/c1-17-48(8)57(35-36-59(86)85-40-22-26-58(85)63(95-16)49(9)64(87)79-56(68-75-39-42-98-68)43-51-23-19-18-20-24-51)84(15)69(91)61(46(4)5)80-67(90)62(47(6)7)82(13)41-37-50-29-33-54(34-30-50)83(14)72(94)96-44-52-27-31-53(32-28-52)77-65(88)55(25-21-38-76-70(74)92)78-66(89)60(45(2)3)81-71(93)97-73(10,11)12/h19,23-24,27-34,39,42,45-49,55-58,60-63H,17-18,20-22,25-26,35-38,40-41,43-44H2,1-16H3,(H,77,88)(H,78,89)(H,79,87)(H,80,90)(H,81,93)(H3,74,76,92)/t48-,49+,55?,56-,57+,58?,60-,61-,62-,63+/m0/s1. The van der Waals surface area contributed by atoms with E-state index >= 15 is 0 Å². The van der Waals surface area contributed by atoms with Gasteiger partial charge >= 0.3 is 18.2 Å². The Morgan fingerprint density at radius 1 is 0.786 bits per heavy atom. The second-order valence-corrected chi connectivity index (χ2v) is 29.0. The molecule has 1 aliphatic carbocycles. The van der Waals surface area contributed by atoms with Gasteiger partial charge in [-0.05, 0) is 150 Å². The molecule has 25 heteroatoms. The van der Waals surface area contributed by atoms with Crippen molar-refractivity contribution >= 4 is 76.4 Å². The van der Waals surface area contributed by atoms with Crippen molar-refractivity contribution in [2.24, 2.45) is 35.3 Å². The van der Waals surface area contributed by atoms with E-state index in [4.69, 9.17) is 19.9 Å². The number of likely N-dealkylation sites (tertiary alicyclic amines) is 1. The van der Waals surface area contributed by atoms with E-state index in [1.807, 2.05) is 81.1 Å². The van der Waals surface area contributed by atoms with Crippen LogP contribution in [-0.4, -0.2) is 169 Å². The number of rotatable bonds is 36. The number of urea groups is 1. The van der Waals surface area contributed by atoms with Crippen LogP contribution in [0.4, 0.5) is 25.8 Å². The summed E-state index contributed by atoms with van der Waals surface area (Å²) in [5.41, 5.74) is 8.19. The Labute approximate surface area is 585 Å². The molecule has 10 atom stereocenters. The van der Waals surface area contributed by atoms with Gasteiger partial charge in [0.1, 0.15) is 35.3 Å². The maximum absolute atomic E-state index is 14.7. The topological polar surface area (TPSA) is 305 Å². The minimum Gasteiger partial charge on any atom is -0.444 e. The summed E-state index contributed by atoms with van der Waals surface area (Å²) in [6, 6.07) is 9.05. The summed E-state index contributed by atoms with van der Waals surface area (Å²) in [4.78, 5) is 134. The summed E-state index contributed by atoms with van der Waals surface area (Å²) >= 11 is 1.51. The fourth-order valence-corrected chi connectivity index (χ4v) is 13.2. The van der Waals surface area contributed by atoms with Gasteiger partial charge < -0.3 is 61.6 Å².